The number of ether oxygens (including phenoxy) is 2. The first-order chi connectivity index (χ1) is 8.08. The molecule has 94 valence electrons. The maximum Gasteiger partial charge on any atom is 0.347 e. The third-order valence-corrected chi connectivity index (χ3v) is 2.53. The van der Waals surface area contributed by atoms with E-state index < -0.39 is 6.10 Å². The van der Waals surface area contributed by atoms with Crippen molar-refractivity contribution in [2.75, 3.05) is 6.61 Å². The highest BCUT2D eigenvalue weighted by Gasteiger charge is 2.20. The molecule has 0 N–H and O–H groups in total. The van der Waals surface area contributed by atoms with Crippen molar-refractivity contribution in [3.63, 3.8) is 0 Å². The average molecular weight is 236 g/mol. The van der Waals surface area contributed by atoms with Gasteiger partial charge in [-0.3, -0.25) is 0 Å². The van der Waals surface area contributed by atoms with E-state index in [1.54, 1.807) is 6.92 Å². The Hall–Kier alpha value is -1.51. The van der Waals surface area contributed by atoms with Gasteiger partial charge in [0.2, 0.25) is 0 Å². The Morgan fingerprint density at radius 3 is 2.59 bits per heavy atom. The first-order valence-corrected chi connectivity index (χ1v) is 5.99. The fraction of sp³-hybridized carbons (Fsp3) is 0.500. The number of rotatable bonds is 5. The highest BCUT2D eigenvalue weighted by Crippen LogP contribution is 2.21. The number of carbonyl (C=O) groups excluding carboxylic acids is 1. The molecule has 0 radical (unpaired) electrons. The van der Waals surface area contributed by atoms with Crippen molar-refractivity contribution in [3.05, 3.63) is 29.3 Å². The molecule has 0 aliphatic carbocycles. The molecule has 3 nitrogen and oxygen atoms in total. The number of esters is 1. The number of hydrogen-bond donors (Lipinski definition) is 0. The van der Waals surface area contributed by atoms with E-state index in [1.807, 2.05) is 39.0 Å². The van der Waals surface area contributed by atoms with Gasteiger partial charge in [-0.1, -0.05) is 19.1 Å². The van der Waals surface area contributed by atoms with Crippen LogP contribution in [-0.2, 0) is 9.53 Å². The van der Waals surface area contributed by atoms with Crippen LogP contribution >= 0.6 is 0 Å². The zero-order chi connectivity index (χ0) is 12.8. The lowest BCUT2D eigenvalue weighted by molar-refractivity contribution is -0.151. The van der Waals surface area contributed by atoms with Gasteiger partial charge in [-0.25, -0.2) is 4.79 Å². The van der Waals surface area contributed by atoms with E-state index in [-0.39, 0.29) is 5.97 Å². The molecule has 1 atom stereocenters. The quantitative estimate of drug-likeness (QED) is 0.737. The molecule has 0 aromatic heterocycles. The van der Waals surface area contributed by atoms with Crippen LogP contribution in [-0.4, -0.2) is 18.7 Å². The summed E-state index contributed by atoms with van der Waals surface area (Å²) in [6.07, 6.45) is 0.0853. The zero-order valence-corrected chi connectivity index (χ0v) is 10.9. The van der Waals surface area contributed by atoms with Crippen LogP contribution in [0.15, 0.2) is 18.2 Å². The van der Waals surface area contributed by atoms with Gasteiger partial charge in [0.25, 0.3) is 0 Å². The fourth-order valence-corrected chi connectivity index (χ4v) is 1.52. The molecule has 0 saturated heterocycles. The van der Waals surface area contributed by atoms with Crippen LogP contribution in [0.25, 0.3) is 0 Å². The SMILES string of the molecule is CCOC(=O)C(CC)Oc1cc(C)ccc1C. The maximum atomic E-state index is 11.6. The van der Waals surface area contributed by atoms with Crippen molar-refractivity contribution in [1.82, 2.24) is 0 Å². The summed E-state index contributed by atoms with van der Waals surface area (Å²) in [5.74, 6) is 0.459. The minimum Gasteiger partial charge on any atom is -0.478 e. The second kappa shape index (κ2) is 6.28. The Labute approximate surface area is 103 Å². The molecule has 0 amide bonds. The minimum atomic E-state index is -0.518. The first kappa shape index (κ1) is 13.6. The summed E-state index contributed by atoms with van der Waals surface area (Å²) in [4.78, 5) is 11.6. The second-order valence-electron chi connectivity index (χ2n) is 4.04. The van der Waals surface area contributed by atoms with Crippen molar-refractivity contribution in [2.24, 2.45) is 0 Å². The topological polar surface area (TPSA) is 35.5 Å². The van der Waals surface area contributed by atoms with E-state index >= 15 is 0 Å². The van der Waals surface area contributed by atoms with E-state index in [1.165, 1.54) is 0 Å². The first-order valence-electron chi connectivity index (χ1n) is 5.99. The summed E-state index contributed by atoms with van der Waals surface area (Å²) in [5, 5.41) is 0. The lowest BCUT2D eigenvalue weighted by Gasteiger charge is -2.17. The second-order valence-corrected chi connectivity index (χ2v) is 4.04. The molecule has 0 saturated carbocycles. The lowest BCUT2D eigenvalue weighted by atomic mass is 10.1. The molecule has 0 bridgehead atoms. The van der Waals surface area contributed by atoms with Gasteiger partial charge in [0.1, 0.15) is 5.75 Å². The normalized spacial score (nSPS) is 12.0. The predicted molar refractivity (Wildman–Crippen MR) is 67.3 cm³/mol. The fourth-order valence-electron chi connectivity index (χ4n) is 1.52. The molecular weight excluding hydrogens is 216 g/mol. The standard InChI is InChI=1S/C14H20O3/c1-5-12(14(15)16-6-2)17-13-9-10(3)7-8-11(13)4/h7-9,12H,5-6H2,1-4H3. The van der Waals surface area contributed by atoms with E-state index in [9.17, 15) is 4.79 Å². The monoisotopic (exact) mass is 236 g/mol. The molecule has 0 aliphatic rings. The van der Waals surface area contributed by atoms with E-state index in [4.69, 9.17) is 9.47 Å². The average Bonchev–Trinajstić information content (AvgIpc) is 2.30. The van der Waals surface area contributed by atoms with Crippen molar-refractivity contribution < 1.29 is 14.3 Å². The lowest BCUT2D eigenvalue weighted by Crippen LogP contribution is -2.28. The van der Waals surface area contributed by atoms with Gasteiger partial charge in [0.15, 0.2) is 6.10 Å². The highest BCUT2D eigenvalue weighted by atomic mass is 16.6. The smallest absolute Gasteiger partial charge is 0.347 e. The molecule has 1 rings (SSSR count). The zero-order valence-electron chi connectivity index (χ0n) is 10.9. The maximum absolute atomic E-state index is 11.6. The van der Waals surface area contributed by atoms with Crippen molar-refractivity contribution in [3.8, 4) is 5.75 Å². The number of carbonyl (C=O) groups is 1. The third kappa shape index (κ3) is 3.77. The molecular formula is C14H20O3. The Morgan fingerprint density at radius 2 is 2.00 bits per heavy atom. The predicted octanol–water partition coefficient (Wildman–Crippen LogP) is 3.02. The number of benzene rings is 1. The summed E-state index contributed by atoms with van der Waals surface area (Å²) in [6.45, 7) is 8.05. The summed E-state index contributed by atoms with van der Waals surface area (Å²) in [7, 11) is 0. The summed E-state index contributed by atoms with van der Waals surface area (Å²) >= 11 is 0. The molecule has 0 heterocycles. The van der Waals surface area contributed by atoms with Crippen molar-refractivity contribution in [1.29, 1.82) is 0 Å². The van der Waals surface area contributed by atoms with Crippen LogP contribution in [0.1, 0.15) is 31.4 Å². The molecule has 1 unspecified atom stereocenters. The Bertz CT molecular complexity index is 385. The molecule has 1 aromatic rings. The molecule has 17 heavy (non-hydrogen) atoms. The summed E-state index contributed by atoms with van der Waals surface area (Å²) in [5.41, 5.74) is 2.14. The minimum absolute atomic E-state index is 0.295. The van der Waals surface area contributed by atoms with Crippen LogP contribution in [0.3, 0.4) is 0 Å². The number of aryl methyl sites for hydroxylation is 2. The molecule has 1 aromatic carbocycles. The van der Waals surface area contributed by atoms with Gasteiger partial charge in [-0.2, -0.15) is 0 Å². The van der Waals surface area contributed by atoms with Crippen molar-refractivity contribution in [2.45, 2.75) is 40.2 Å². The van der Waals surface area contributed by atoms with Crippen LogP contribution in [0.4, 0.5) is 0 Å². The highest BCUT2D eigenvalue weighted by molar-refractivity contribution is 5.75. The molecule has 0 fully saturated rings. The van der Waals surface area contributed by atoms with E-state index in [2.05, 4.69) is 0 Å². The van der Waals surface area contributed by atoms with E-state index in [0.717, 1.165) is 16.9 Å². The van der Waals surface area contributed by atoms with E-state index in [0.29, 0.717) is 13.0 Å². The van der Waals surface area contributed by atoms with Gasteiger partial charge in [0, 0.05) is 0 Å². The van der Waals surface area contributed by atoms with Gasteiger partial charge in [0.05, 0.1) is 6.61 Å². The van der Waals surface area contributed by atoms with Crippen LogP contribution in [0, 0.1) is 13.8 Å². The van der Waals surface area contributed by atoms with Crippen LogP contribution in [0.5, 0.6) is 5.75 Å². The Balaban J connectivity index is 2.80. The number of hydrogen-bond acceptors (Lipinski definition) is 3. The van der Waals surface area contributed by atoms with Gasteiger partial charge in [-0.15, -0.1) is 0 Å². The van der Waals surface area contributed by atoms with Crippen LogP contribution in [0.2, 0.25) is 0 Å². The Kier molecular flexibility index (Phi) is 5.01. The molecule has 0 spiro atoms. The summed E-state index contributed by atoms with van der Waals surface area (Å²) < 4.78 is 10.7. The third-order valence-electron chi connectivity index (χ3n) is 2.53. The van der Waals surface area contributed by atoms with Gasteiger partial charge in [-0.05, 0) is 44.4 Å². The van der Waals surface area contributed by atoms with Crippen LogP contribution < -0.4 is 4.74 Å². The van der Waals surface area contributed by atoms with Gasteiger partial charge >= 0.3 is 5.97 Å². The van der Waals surface area contributed by atoms with Gasteiger partial charge < -0.3 is 9.47 Å². The molecule has 3 heteroatoms. The summed E-state index contributed by atoms with van der Waals surface area (Å²) in [6, 6.07) is 5.95. The molecule has 0 aliphatic heterocycles. The van der Waals surface area contributed by atoms with Crippen molar-refractivity contribution >= 4 is 5.97 Å². The Morgan fingerprint density at radius 1 is 1.29 bits per heavy atom. The largest absolute Gasteiger partial charge is 0.478 e.